The predicted molar refractivity (Wildman–Crippen MR) is 67.8 cm³/mol. The van der Waals surface area contributed by atoms with Gasteiger partial charge in [0.05, 0.1) is 0 Å². The van der Waals surface area contributed by atoms with Crippen LogP contribution in [0.15, 0.2) is 24.3 Å². The summed E-state index contributed by atoms with van der Waals surface area (Å²) in [6.45, 7) is 4.84. The topological polar surface area (TPSA) is 21.3 Å². The maximum absolute atomic E-state index is 5.56. The van der Waals surface area contributed by atoms with Crippen LogP contribution in [0.2, 0.25) is 0 Å². The molecule has 0 heterocycles. The van der Waals surface area contributed by atoms with E-state index in [1.165, 1.54) is 5.56 Å². The zero-order valence-corrected chi connectivity index (χ0v) is 10.1. The van der Waals surface area contributed by atoms with Crippen molar-refractivity contribution >= 4 is 12.6 Å². The Morgan fingerprint density at radius 3 is 2.53 bits per heavy atom. The summed E-state index contributed by atoms with van der Waals surface area (Å²) >= 11 is 4.20. The molecular weight excluding hydrogens is 206 g/mol. The van der Waals surface area contributed by atoms with Crippen molar-refractivity contribution in [1.82, 2.24) is 5.32 Å². The second-order valence-corrected chi connectivity index (χ2v) is 3.72. The summed E-state index contributed by atoms with van der Waals surface area (Å²) in [5.74, 6) is 1.71. The molecule has 3 heteroatoms. The standard InChI is InChI=1S/C12H19NOS/c1-2-7-13-8-9-14-12-5-3-11(10-15)4-6-12/h3-6,13,15H,2,7-10H2,1H3. The second kappa shape index (κ2) is 7.60. The molecule has 0 bridgehead atoms. The third-order valence-corrected chi connectivity index (χ3v) is 2.45. The fourth-order valence-corrected chi connectivity index (χ4v) is 1.44. The van der Waals surface area contributed by atoms with Crippen molar-refractivity contribution in [2.45, 2.75) is 19.1 Å². The maximum atomic E-state index is 5.56. The van der Waals surface area contributed by atoms with Crippen LogP contribution in [0.25, 0.3) is 0 Å². The lowest BCUT2D eigenvalue weighted by Crippen LogP contribution is -2.21. The largest absolute Gasteiger partial charge is 0.492 e. The van der Waals surface area contributed by atoms with Crippen molar-refractivity contribution < 1.29 is 4.74 Å². The van der Waals surface area contributed by atoms with Crippen LogP contribution in [0.4, 0.5) is 0 Å². The molecule has 0 radical (unpaired) electrons. The van der Waals surface area contributed by atoms with Gasteiger partial charge in [-0.15, -0.1) is 0 Å². The van der Waals surface area contributed by atoms with Crippen LogP contribution in [0.5, 0.6) is 5.75 Å². The first-order valence-electron chi connectivity index (χ1n) is 5.40. The average Bonchev–Trinajstić information content (AvgIpc) is 2.30. The fraction of sp³-hybridized carbons (Fsp3) is 0.500. The number of benzene rings is 1. The molecule has 0 fully saturated rings. The third-order valence-electron chi connectivity index (χ3n) is 2.08. The zero-order chi connectivity index (χ0) is 10.9. The molecular formula is C12H19NOS. The number of nitrogens with one attached hydrogen (secondary N) is 1. The molecule has 0 aliphatic rings. The highest BCUT2D eigenvalue weighted by Crippen LogP contribution is 2.12. The van der Waals surface area contributed by atoms with E-state index in [1.807, 2.05) is 24.3 Å². The highest BCUT2D eigenvalue weighted by molar-refractivity contribution is 7.79. The van der Waals surface area contributed by atoms with Gasteiger partial charge in [-0.2, -0.15) is 12.6 Å². The van der Waals surface area contributed by atoms with E-state index in [0.717, 1.165) is 37.6 Å². The molecule has 1 aromatic rings. The number of hydrogen-bond acceptors (Lipinski definition) is 3. The van der Waals surface area contributed by atoms with E-state index >= 15 is 0 Å². The van der Waals surface area contributed by atoms with Gasteiger partial charge in [0.1, 0.15) is 12.4 Å². The molecule has 0 saturated carbocycles. The van der Waals surface area contributed by atoms with Gasteiger partial charge >= 0.3 is 0 Å². The lowest BCUT2D eigenvalue weighted by molar-refractivity contribution is 0.314. The highest BCUT2D eigenvalue weighted by atomic mass is 32.1. The number of ether oxygens (including phenoxy) is 1. The van der Waals surface area contributed by atoms with E-state index in [-0.39, 0.29) is 0 Å². The van der Waals surface area contributed by atoms with E-state index in [1.54, 1.807) is 0 Å². The van der Waals surface area contributed by atoms with Crippen molar-refractivity contribution in [3.8, 4) is 5.75 Å². The molecule has 0 spiro atoms. The average molecular weight is 225 g/mol. The Labute approximate surface area is 97.4 Å². The van der Waals surface area contributed by atoms with Crippen LogP contribution >= 0.6 is 12.6 Å². The highest BCUT2D eigenvalue weighted by Gasteiger charge is 1.93. The van der Waals surface area contributed by atoms with Gasteiger partial charge in [-0.3, -0.25) is 0 Å². The van der Waals surface area contributed by atoms with Gasteiger partial charge < -0.3 is 10.1 Å². The van der Waals surface area contributed by atoms with E-state index in [0.29, 0.717) is 0 Å². The minimum atomic E-state index is 0.722. The summed E-state index contributed by atoms with van der Waals surface area (Å²) in [4.78, 5) is 0. The molecule has 0 aliphatic heterocycles. The molecule has 15 heavy (non-hydrogen) atoms. The van der Waals surface area contributed by atoms with Gasteiger partial charge in [0.15, 0.2) is 0 Å². The lowest BCUT2D eigenvalue weighted by atomic mass is 10.2. The SMILES string of the molecule is CCCNCCOc1ccc(CS)cc1. The lowest BCUT2D eigenvalue weighted by Gasteiger charge is -2.07. The van der Waals surface area contributed by atoms with Crippen LogP contribution in [-0.4, -0.2) is 19.7 Å². The van der Waals surface area contributed by atoms with Gasteiger partial charge in [0, 0.05) is 12.3 Å². The maximum Gasteiger partial charge on any atom is 0.119 e. The van der Waals surface area contributed by atoms with Crippen molar-refractivity contribution in [3.05, 3.63) is 29.8 Å². The van der Waals surface area contributed by atoms with Crippen LogP contribution in [-0.2, 0) is 5.75 Å². The summed E-state index contributed by atoms with van der Waals surface area (Å²) in [6, 6.07) is 8.07. The summed E-state index contributed by atoms with van der Waals surface area (Å²) < 4.78 is 5.56. The Morgan fingerprint density at radius 1 is 1.20 bits per heavy atom. The van der Waals surface area contributed by atoms with Gasteiger partial charge in [-0.25, -0.2) is 0 Å². The van der Waals surface area contributed by atoms with E-state index in [9.17, 15) is 0 Å². The first kappa shape index (κ1) is 12.4. The summed E-state index contributed by atoms with van der Waals surface area (Å²) in [7, 11) is 0. The Hall–Kier alpha value is -0.670. The molecule has 0 atom stereocenters. The predicted octanol–water partition coefficient (Wildman–Crippen LogP) is 2.49. The molecule has 0 unspecified atom stereocenters. The van der Waals surface area contributed by atoms with Crippen LogP contribution in [0.3, 0.4) is 0 Å². The second-order valence-electron chi connectivity index (χ2n) is 3.40. The minimum absolute atomic E-state index is 0.722. The zero-order valence-electron chi connectivity index (χ0n) is 9.20. The monoisotopic (exact) mass is 225 g/mol. The number of rotatable bonds is 7. The molecule has 2 nitrogen and oxygen atoms in total. The first-order valence-corrected chi connectivity index (χ1v) is 6.03. The van der Waals surface area contributed by atoms with Crippen LogP contribution < -0.4 is 10.1 Å². The third kappa shape index (κ3) is 5.09. The molecule has 1 aromatic carbocycles. The Kier molecular flexibility index (Phi) is 6.28. The van der Waals surface area contributed by atoms with Crippen molar-refractivity contribution in [2.75, 3.05) is 19.7 Å². The Morgan fingerprint density at radius 2 is 1.93 bits per heavy atom. The molecule has 0 aliphatic carbocycles. The van der Waals surface area contributed by atoms with Gasteiger partial charge in [-0.05, 0) is 30.7 Å². The number of thiol groups is 1. The van der Waals surface area contributed by atoms with Crippen molar-refractivity contribution in [2.24, 2.45) is 0 Å². The molecule has 0 saturated heterocycles. The summed E-state index contributed by atoms with van der Waals surface area (Å²) in [5.41, 5.74) is 1.22. The Balaban J connectivity index is 2.20. The van der Waals surface area contributed by atoms with Crippen LogP contribution in [0, 0.1) is 0 Å². The molecule has 1 rings (SSSR count). The van der Waals surface area contributed by atoms with E-state index in [4.69, 9.17) is 4.74 Å². The van der Waals surface area contributed by atoms with Gasteiger partial charge in [-0.1, -0.05) is 19.1 Å². The normalized spacial score (nSPS) is 10.3. The molecule has 1 N–H and O–H groups in total. The van der Waals surface area contributed by atoms with Gasteiger partial charge in [0.2, 0.25) is 0 Å². The fourth-order valence-electron chi connectivity index (χ4n) is 1.23. The van der Waals surface area contributed by atoms with Crippen LogP contribution in [0.1, 0.15) is 18.9 Å². The first-order chi connectivity index (χ1) is 7.36. The van der Waals surface area contributed by atoms with Crippen molar-refractivity contribution in [3.63, 3.8) is 0 Å². The van der Waals surface area contributed by atoms with E-state index in [2.05, 4.69) is 24.9 Å². The minimum Gasteiger partial charge on any atom is -0.492 e. The van der Waals surface area contributed by atoms with Gasteiger partial charge in [0.25, 0.3) is 0 Å². The molecule has 84 valence electrons. The summed E-state index contributed by atoms with van der Waals surface area (Å²) in [5, 5.41) is 3.29. The Bertz CT molecular complexity index is 261. The van der Waals surface area contributed by atoms with E-state index < -0.39 is 0 Å². The number of hydrogen-bond donors (Lipinski definition) is 2. The molecule has 0 amide bonds. The smallest absolute Gasteiger partial charge is 0.119 e. The summed E-state index contributed by atoms with van der Waals surface area (Å²) in [6.07, 6.45) is 1.16. The molecule has 0 aromatic heterocycles. The van der Waals surface area contributed by atoms with Crippen molar-refractivity contribution in [1.29, 1.82) is 0 Å². The quantitative estimate of drug-likeness (QED) is 0.549.